The van der Waals surface area contributed by atoms with Crippen molar-refractivity contribution in [1.29, 1.82) is 0 Å². The number of anilines is 3. The molecule has 4 rings (SSSR count). The first-order valence-corrected chi connectivity index (χ1v) is 9.90. The number of rotatable bonds is 5. The summed E-state index contributed by atoms with van der Waals surface area (Å²) in [7, 11) is 3.43. The lowest BCUT2D eigenvalue weighted by molar-refractivity contribution is -0.137. The first-order valence-electron chi connectivity index (χ1n) is 9.90. The Morgan fingerprint density at radius 2 is 2.06 bits per heavy atom. The van der Waals surface area contributed by atoms with E-state index in [1.165, 1.54) is 12.6 Å². The predicted octanol–water partition coefficient (Wildman–Crippen LogP) is 4.23. The van der Waals surface area contributed by atoms with Gasteiger partial charge in [0.15, 0.2) is 0 Å². The number of hydrogen-bond acceptors (Lipinski definition) is 6. The zero-order valence-electron chi connectivity index (χ0n) is 17.5. The molecule has 0 radical (unpaired) electrons. The van der Waals surface area contributed by atoms with Crippen LogP contribution in [0.15, 0.2) is 30.6 Å². The molecule has 3 aromatic rings. The minimum atomic E-state index is -4.56. The summed E-state index contributed by atoms with van der Waals surface area (Å²) in [6, 6.07) is 3.77. The van der Waals surface area contributed by atoms with Crippen LogP contribution in [0.1, 0.15) is 17.5 Å². The largest absolute Gasteiger partial charge is 0.421 e. The van der Waals surface area contributed by atoms with E-state index < -0.39 is 11.7 Å². The molecule has 11 heteroatoms. The lowest BCUT2D eigenvalue weighted by Gasteiger charge is -2.23. The molecule has 0 saturated carbocycles. The van der Waals surface area contributed by atoms with Crippen molar-refractivity contribution < 1.29 is 13.2 Å². The molecular formula is C21H21F3N8. The van der Waals surface area contributed by atoms with Crippen molar-refractivity contribution in [1.82, 2.24) is 24.6 Å². The molecule has 0 saturated heterocycles. The summed E-state index contributed by atoms with van der Waals surface area (Å²) in [6.45, 7) is 9.08. The van der Waals surface area contributed by atoms with Gasteiger partial charge in [-0.2, -0.15) is 27.9 Å². The summed E-state index contributed by atoms with van der Waals surface area (Å²) in [5.74, 6) is -0.295. The quantitative estimate of drug-likeness (QED) is 0.576. The lowest BCUT2D eigenvalue weighted by Crippen LogP contribution is -2.23. The maximum Gasteiger partial charge on any atom is 0.421 e. The van der Waals surface area contributed by atoms with Crippen LogP contribution < -0.4 is 10.6 Å². The van der Waals surface area contributed by atoms with Crippen molar-refractivity contribution >= 4 is 33.9 Å². The van der Waals surface area contributed by atoms with Gasteiger partial charge in [-0.15, -0.1) is 0 Å². The van der Waals surface area contributed by atoms with Gasteiger partial charge in [-0.3, -0.25) is 4.85 Å². The SMILES string of the molecule is [C-]#[N+]Cn1ncc2c(Nc3ncc(C(F)(F)F)c(NC)n3)ccc(C3=CCN(C)CC3)c21. The summed E-state index contributed by atoms with van der Waals surface area (Å²) in [5.41, 5.74) is 2.61. The molecule has 0 aliphatic carbocycles. The number of benzene rings is 1. The van der Waals surface area contributed by atoms with Gasteiger partial charge >= 0.3 is 12.8 Å². The van der Waals surface area contributed by atoms with Crippen LogP contribution in [0, 0.1) is 6.57 Å². The molecule has 32 heavy (non-hydrogen) atoms. The molecule has 0 unspecified atom stereocenters. The molecule has 0 atom stereocenters. The highest BCUT2D eigenvalue weighted by Gasteiger charge is 2.35. The highest BCUT2D eigenvalue weighted by atomic mass is 19.4. The molecule has 0 spiro atoms. The van der Waals surface area contributed by atoms with Gasteiger partial charge in [0.25, 0.3) is 0 Å². The van der Waals surface area contributed by atoms with E-state index in [0.29, 0.717) is 5.69 Å². The van der Waals surface area contributed by atoms with Crippen molar-refractivity contribution in [3.8, 4) is 0 Å². The number of halogens is 3. The molecule has 166 valence electrons. The van der Waals surface area contributed by atoms with Crippen LogP contribution in [-0.4, -0.2) is 51.8 Å². The molecule has 0 bridgehead atoms. The predicted molar refractivity (Wildman–Crippen MR) is 116 cm³/mol. The van der Waals surface area contributed by atoms with E-state index in [2.05, 4.69) is 48.6 Å². The Morgan fingerprint density at radius 1 is 1.25 bits per heavy atom. The van der Waals surface area contributed by atoms with E-state index in [0.717, 1.165) is 42.2 Å². The van der Waals surface area contributed by atoms with Crippen molar-refractivity contribution in [2.45, 2.75) is 19.3 Å². The van der Waals surface area contributed by atoms with E-state index in [9.17, 15) is 13.2 Å². The Balaban J connectivity index is 1.77. The van der Waals surface area contributed by atoms with E-state index in [1.54, 1.807) is 10.9 Å². The number of aromatic nitrogens is 4. The average Bonchev–Trinajstić information content (AvgIpc) is 3.18. The highest BCUT2D eigenvalue weighted by Crippen LogP contribution is 2.36. The third kappa shape index (κ3) is 4.09. The Morgan fingerprint density at radius 3 is 2.72 bits per heavy atom. The fraction of sp³-hybridized carbons (Fsp3) is 0.333. The summed E-state index contributed by atoms with van der Waals surface area (Å²) in [6.07, 6.45) is 0.867. The Hall–Kier alpha value is -3.65. The maximum atomic E-state index is 13.1. The van der Waals surface area contributed by atoms with Crippen molar-refractivity contribution in [2.24, 2.45) is 0 Å². The molecular weight excluding hydrogens is 421 g/mol. The van der Waals surface area contributed by atoms with Gasteiger partial charge in [0.05, 0.1) is 17.4 Å². The third-order valence-electron chi connectivity index (χ3n) is 5.34. The molecule has 2 aromatic heterocycles. The fourth-order valence-corrected chi connectivity index (χ4v) is 3.72. The van der Waals surface area contributed by atoms with Crippen LogP contribution in [-0.2, 0) is 12.8 Å². The van der Waals surface area contributed by atoms with Crippen LogP contribution in [0.2, 0.25) is 0 Å². The first-order chi connectivity index (χ1) is 15.3. The standard InChI is InChI=1S/C21H21F3N8/c1-25-12-32-18-14(13-6-8-31(3)9-7-13)4-5-17(15(18)10-28-32)29-20-27-11-16(21(22,23)24)19(26-2)30-20/h4-6,10-11H,7-9,12H2,2-3H3,(H2,26,27,29,30). The minimum Gasteiger partial charge on any atom is -0.372 e. The number of nitrogens with one attached hydrogen (secondary N) is 2. The second-order valence-electron chi connectivity index (χ2n) is 7.44. The molecule has 0 fully saturated rings. The third-order valence-corrected chi connectivity index (χ3v) is 5.34. The summed E-state index contributed by atoms with van der Waals surface area (Å²) < 4.78 is 41.1. The van der Waals surface area contributed by atoms with Crippen LogP contribution in [0.3, 0.4) is 0 Å². The van der Waals surface area contributed by atoms with Gasteiger partial charge < -0.3 is 15.5 Å². The smallest absolute Gasteiger partial charge is 0.372 e. The zero-order chi connectivity index (χ0) is 22.9. The van der Waals surface area contributed by atoms with E-state index >= 15 is 0 Å². The topological polar surface area (TPSA) is 75.3 Å². The number of likely N-dealkylation sites (N-methyl/N-ethyl adjacent to an activating group) is 1. The van der Waals surface area contributed by atoms with Gasteiger partial charge in [-0.25, -0.2) is 11.6 Å². The van der Waals surface area contributed by atoms with Crippen molar-refractivity contribution in [3.63, 3.8) is 0 Å². The minimum absolute atomic E-state index is 0.0211. The zero-order valence-corrected chi connectivity index (χ0v) is 17.5. The van der Waals surface area contributed by atoms with Crippen molar-refractivity contribution in [2.75, 3.05) is 37.8 Å². The average molecular weight is 442 g/mol. The van der Waals surface area contributed by atoms with Gasteiger partial charge in [0.2, 0.25) is 5.95 Å². The van der Waals surface area contributed by atoms with Gasteiger partial charge in [-0.05, 0) is 25.1 Å². The molecule has 1 aromatic carbocycles. The van der Waals surface area contributed by atoms with Crippen molar-refractivity contribution in [3.05, 3.63) is 53.1 Å². The lowest BCUT2D eigenvalue weighted by atomic mass is 9.97. The fourth-order valence-electron chi connectivity index (χ4n) is 3.72. The number of hydrogen-bond donors (Lipinski definition) is 2. The Bertz CT molecular complexity index is 1220. The highest BCUT2D eigenvalue weighted by molar-refractivity contribution is 6.00. The normalized spacial score (nSPS) is 14.8. The van der Waals surface area contributed by atoms with Gasteiger partial charge in [0, 0.05) is 37.3 Å². The second kappa shape index (κ2) is 8.47. The summed E-state index contributed by atoms with van der Waals surface area (Å²) >= 11 is 0. The van der Waals surface area contributed by atoms with Crippen LogP contribution in [0.5, 0.6) is 0 Å². The number of nitrogens with zero attached hydrogens (tertiary/aromatic N) is 6. The summed E-state index contributed by atoms with van der Waals surface area (Å²) in [5, 5.41) is 10.6. The Labute approximate surface area is 182 Å². The van der Waals surface area contributed by atoms with Crippen LogP contribution >= 0.6 is 0 Å². The molecule has 1 aliphatic rings. The molecule has 8 nitrogen and oxygen atoms in total. The Kier molecular flexibility index (Phi) is 5.71. The molecule has 2 N–H and O–H groups in total. The summed E-state index contributed by atoms with van der Waals surface area (Å²) in [4.78, 5) is 13.5. The van der Waals surface area contributed by atoms with Crippen LogP contribution in [0.25, 0.3) is 21.3 Å². The second-order valence-corrected chi connectivity index (χ2v) is 7.44. The molecule has 1 aliphatic heterocycles. The monoisotopic (exact) mass is 442 g/mol. The van der Waals surface area contributed by atoms with E-state index in [-0.39, 0.29) is 18.4 Å². The number of alkyl halides is 3. The van der Waals surface area contributed by atoms with Gasteiger partial charge in [-0.1, -0.05) is 12.1 Å². The van der Waals surface area contributed by atoms with E-state index in [4.69, 9.17) is 6.57 Å². The first kappa shape index (κ1) is 21.6. The van der Waals surface area contributed by atoms with Gasteiger partial charge in [0.1, 0.15) is 11.4 Å². The number of fused-ring (bicyclic) bond motifs is 1. The molecule has 3 heterocycles. The maximum absolute atomic E-state index is 13.1. The van der Waals surface area contributed by atoms with E-state index in [1.807, 2.05) is 12.1 Å². The molecule has 0 amide bonds. The van der Waals surface area contributed by atoms with Crippen LogP contribution in [0.4, 0.5) is 30.6 Å².